The Balaban J connectivity index is 1.16. The Labute approximate surface area is 210 Å². The van der Waals surface area contributed by atoms with Gasteiger partial charge in [0.2, 0.25) is 0 Å². The number of carbonyl (C=O) groups is 1. The minimum absolute atomic E-state index is 0.0848. The molecule has 0 spiro atoms. The zero-order chi connectivity index (χ0) is 24.0. The SMILES string of the molecule is Cc1cc(CSc2ncccc2C(=O)N2CCCC(CN3CCN(c4ccccn4)CC3)C2)no1. The summed E-state index contributed by atoms with van der Waals surface area (Å²) in [5.41, 5.74) is 1.54. The molecular weight excluding hydrogens is 460 g/mol. The van der Waals surface area contributed by atoms with Gasteiger partial charge < -0.3 is 14.3 Å². The summed E-state index contributed by atoms with van der Waals surface area (Å²) in [6, 6.07) is 11.7. The molecule has 2 fully saturated rings. The summed E-state index contributed by atoms with van der Waals surface area (Å²) in [6.45, 7) is 8.59. The maximum atomic E-state index is 13.5. The van der Waals surface area contributed by atoms with Gasteiger partial charge in [-0.3, -0.25) is 9.69 Å². The number of piperidine rings is 1. The molecule has 184 valence electrons. The lowest BCUT2D eigenvalue weighted by atomic mass is 9.96. The third kappa shape index (κ3) is 6.02. The largest absolute Gasteiger partial charge is 0.361 e. The molecule has 0 aliphatic carbocycles. The van der Waals surface area contributed by atoms with Crippen molar-refractivity contribution in [3.05, 3.63) is 65.8 Å². The van der Waals surface area contributed by atoms with E-state index in [0.717, 1.165) is 74.5 Å². The molecular formula is C26H32N6O2S. The molecule has 0 N–H and O–H groups in total. The molecule has 0 radical (unpaired) electrons. The van der Waals surface area contributed by atoms with Gasteiger partial charge in [0.25, 0.3) is 5.91 Å². The molecule has 5 heterocycles. The van der Waals surface area contributed by atoms with Crippen molar-refractivity contribution < 1.29 is 9.32 Å². The summed E-state index contributed by atoms with van der Waals surface area (Å²) in [4.78, 5) is 29.4. The van der Waals surface area contributed by atoms with Crippen molar-refractivity contribution in [3.8, 4) is 0 Å². The Morgan fingerprint density at radius 3 is 2.71 bits per heavy atom. The number of piperazine rings is 1. The van der Waals surface area contributed by atoms with Gasteiger partial charge >= 0.3 is 0 Å². The molecule has 0 aromatic carbocycles. The number of aryl methyl sites for hydroxylation is 1. The van der Waals surface area contributed by atoms with Gasteiger partial charge in [0, 0.05) is 70.0 Å². The summed E-state index contributed by atoms with van der Waals surface area (Å²) >= 11 is 1.53. The molecule has 1 unspecified atom stereocenters. The summed E-state index contributed by atoms with van der Waals surface area (Å²) in [5.74, 6) is 3.06. The zero-order valence-electron chi connectivity index (χ0n) is 20.2. The van der Waals surface area contributed by atoms with Gasteiger partial charge in [-0.05, 0) is 49.9 Å². The minimum Gasteiger partial charge on any atom is -0.361 e. The molecule has 8 nitrogen and oxygen atoms in total. The van der Waals surface area contributed by atoms with Crippen LogP contribution in [0.4, 0.5) is 5.82 Å². The van der Waals surface area contributed by atoms with E-state index in [9.17, 15) is 4.79 Å². The Hall–Kier alpha value is -2.91. The van der Waals surface area contributed by atoms with E-state index in [1.54, 1.807) is 6.20 Å². The monoisotopic (exact) mass is 492 g/mol. The first kappa shape index (κ1) is 23.8. The maximum Gasteiger partial charge on any atom is 0.256 e. The third-order valence-electron chi connectivity index (χ3n) is 6.70. The molecule has 1 atom stereocenters. The van der Waals surface area contributed by atoms with Crippen LogP contribution in [0.25, 0.3) is 0 Å². The molecule has 1 amide bonds. The van der Waals surface area contributed by atoms with E-state index in [1.807, 2.05) is 48.4 Å². The highest BCUT2D eigenvalue weighted by molar-refractivity contribution is 7.98. The van der Waals surface area contributed by atoms with Crippen molar-refractivity contribution in [2.45, 2.75) is 30.5 Å². The highest BCUT2D eigenvalue weighted by Crippen LogP contribution is 2.27. The molecule has 3 aromatic rings. The second kappa shape index (κ2) is 11.2. The molecule has 2 aliphatic rings. The van der Waals surface area contributed by atoms with Gasteiger partial charge in [-0.15, -0.1) is 0 Å². The van der Waals surface area contributed by atoms with Crippen LogP contribution in [0.5, 0.6) is 0 Å². The van der Waals surface area contributed by atoms with Crippen molar-refractivity contribution in [2.24, 2.45) is 5.92 Å². The van der Waals surface area contributed by atoms with E-state index >= 15 is 0 Å². The van der Waals surface area contributed by atoms with Gasteiger partial charge in [-0.1, -0.05) is 23.0 Å². The van der Waals surface area contributed by atoms with Gasteiger partial charge in [0.1, 0.15) is 16.6 Å². The predicted octanol–water partition coefficient (Wildman–Crippen LogP) is 3.74. The Bertz CT molecular complexity index is 1120. The van der Waals surface area contributed by atoms with Crippen LogP contribution in [0.2, 0.25) is 0 Å². The number of hydrogen-bond donors (Lipinski definition) is 0. The predicted molar refractivity (Wildman–Crippen MR) is 137 cm³/mol. The molecule has 2 saturated heterocycles. The van der Waals surface area contributed by atoms with E-state index in [2.05, 4.69) is 31.0 Å². The number of likely N-dealkylation sites (tertiary alicyclic amines) is 1. The highest BCUT2D eigenvalue weighted by atomic mass is 32.2. The third-order valence-corrected chi connectivity index (χ3v) is 7.74. The summed E-state index contributed by atoms with van der Waals surface area (Å²) in [6.07, 6.45) is 5.82. The van der Waals surface area contributed by atoms with E-state index in [-0.39, 0.29) is 5.91 Å². The lowest BCUT2D eigenvalue weighted by Gasteiger charge is -2.39. The van der Waals surface area contributed by atoms with E-state index < -0.39 is 0 Å². The van der Waals surface area contributed by atoms with Crippen molar-refractivity contribution in [1.82, 2.24) is 24.9 Å². The lowest BCUT2D eigenvalue weighted by molar-refractivity contribution is 0.0633. The molecule has 9 heteroatoms. The normalized spacial score (nSPS) is 19.2. The van der Waals surface area contributed by atoms with Crippen LogP contribution in [-0.4, -0.2) is 76.6 Å². The fourth-order valence-corrected chi connectivity index (χ4v) is 5.80. The van der Waals surface area contributed by atoms with E-state index in [0.29, 0.717) is 17.2 Å². The first-order chi connectivity index (χ1) is 17.2. The molecule has 3 aromatic heterocycles. The number of thioether (sulfide) groups is 1. The summed E-state index contributed by atoms with van der Waals surface area (Å²) in [7, 11) is 0. The van der Waals surface area contributed by atoms with E-state index in [4.69, 9.17) is 4.52 Å². The van der Waals surface area contributed by atoms with Crippen LogP contribution in [-0.2, 0) is 5.75 Å². The molecule has 0 saturated carbocycles. The van der Waals surface area contributed by atoms with Gasteiger partial charge in [0.15, 0.2) is 0 Å². The maximum absolute atomic E-state index is 13.5. The molecule has 35 heavy (non-hydrogen) atoms. The second-order valence-corrected chi connectivity index (χ2v) is 10.3. The summed E-state index contributed by atoms with van der Waals surface area (Å²) in [5, 5.41) is 4.81. The fraction of sp³-hybridized carbons (Fsp3) is 0.462. The number of amides is 1. The first-order valence-corrected chi connectivity index (χ1v) is 13.3. The number of hydrogen-bond acceptors (Lipinski definition) is 8. The fourth-order valence-electron chi connectivity index (χ4n) is 4.93. The number of nitrogens with zero attached hydrogens (tertiary/aromatic N) is 6. The van der Waals surface area contributed by atoms with Crippen LogP contribution in [0, 0.1) is 12.8 Å². The van der Waals surface area contributed by atoms with Gasteiger partial charge in [-0.25, -0.2) is 9.97 Å². The van der Waals surface area contributed by atoms with Crippen LogP contribution in [0.15, 0.2) is 58.3 Å². The lowest BCUT2D eigenvalue weighted by Crippen LogP contribution is -2.50. The number of carbonyl (C=O) groups excluding carboxylic acids is 1. The highest BCUT2D eigenvalue weighted by Gasteiger charge is 2.28. The number of pyridine rings is 2. The van der Waals surface area contributed by atoms with Crippen LogP contribution in [0.3, 0.4) is 0 Å². The van der Waals surface area contributed by atoms with Gasteiger partial charge in [-0.2, -0.15) is 0 Å². The van der Waals surface area contributed by atoms with Crippen LogP contribution in [0.1, 0.15) is 34.7 Å². The zero-order valence-corrected chi connectivity index (χ0v) is 21.0. The first-order valence-electron chi connectivity index (χ1n) is 12.3. The average molecular weight is 493 g/mol. The number of rotatable bonds is 7. The second-order valence-electron chi connectivity index (χ2n) is 9.31. The quantitative estimate of drug-likeness (QED) is 0.462. The van der Waals surface area contributed by atoms with E-state index in [1.165, 1.54) is 18.2 Å². The van der Waals surface area contributed by atoms with Crippen LogP contribution < -0.4 is 4.90 Å². The van der Waals surface area contributed by atoms with Crippen molar-refractivity contribution in [2.75, 3.05) is 50.7 Å². The van der Waals surface area contributed by atoms with Crippen molar-refractivity contribution >= 4 is 23.5 Å². The topological polar surface area (TPSA) is 78.6 Å². The molecule has 0 bridgehead atoms. The standard InChI is InChI=1S/C26H32N6O2S/c1-20-16-22(29-34-20)19-35-25-23(7-4-10-28-25)26(33)32-11-5-6-21(18-32)17-30-12-14-31(15-13-30)24-8-2-3-9-27-24/h2-4,7-10,16,21H,5-6,11-15,17-19H2,1H3. The Morgan fingerprint density at radius 1 is 1.09 bits per heavy atom. The molecule has 5 rings (SSSR count). The smallest absolute Gasteiger partial charge is 0.256 e. The molecule has 2 aliphatic heterocycles. The van der Waals surface area contributed by atoms with Crippen molar-refractivity contribution in [1.29, 1.82) is 0 Å². The Kier molecular flexibility index (Phi) is 7.63. The Morgan fingerprint density at radius 2 is 1.94 bits per heavy atom. The number of anilines is 1. The van der Waals surface area contributed by atoms with Crippen molar-refractivity contribution in [3.63, 3.8) is 0 Å². The minimum atomic E-state index is 0.0848. The summed E-state index contributed by atoms with van der Waals surface area (Å²) < 4.78 is 5.16. The van der Waals surface area contributed by atoms with Gasteiger partial charge in [0.05, 0.1) is 11.3 Å². The number of aromatic nitrogens is 3. The average Bonchev–Trinajstić information content (AvgIpc) is 3.33. The van der Waals surface area contributed by atoms with Crippen LogP contribution >= 0.6 is 11.8 Å².